The molecule has 0 radical (unpaired) electrons. The number of esters is 1. The molecule has 1 fully saturated rings. The van der Waals surface area contributed by atoms with Gasteiger partial charge in [0.2, 0.25) is 6.29 Å². The predicted octanol–water partition coefficient (Wildman–Crippen LogP) is -1.36. The first-order valence-corrected chi connectivity index (χ1v) is 9.40. The summed E-state index contributed by atoms with van der Waals surface area (Å²) in [5, 5.41) is 39.4. The van der Waals surface area contributed by atoms with Gasteiger partial charge in [0.25, 0.3) is 0 Å². The van der Waals surface area contributed by atoms with Crippen molar-refractivity contribution in [2.45, 2.75) is 49.7 Å². The summed E-state index contributed by atoms with van der Waals surface area (Å²) in [4.78, 5) is 12.2. The van der Waals surface area contributed by atoms with E-state index in [0.29, 0.717) is 0 Å². The molecule has 0 aliphatic carbocycles. The number of hydrogen-bond acceptors (Lipinski definition) is 11. The molecule has 1 saturated heterocycles. The molecule has 2 aliphatic rings. The van der Waals surface area contributed by atoms with Crippen molar-refractivity contribution in [2.24, 2.45) is 11.8 Å². The van der Waals surface area contributed by atoms with E-state index in [2.05, 4.69) is 6.58 Å². The van der Waals surface area contributed by atoms with Crippen LogP contribution in [0.2, 0.25) is 0 Å². The highest BCUT2D eigenvalue weighted by molar-refractivity contribution is 5.88. The second-order valence-electron chi connectivity index (χ2n) is 6.96. The Morgan fingerprint density at radius 2 is 1.83 bits per heavy atom. The molecule has 0 aromatic heterocycles. The molecule has 4 N–H and O–H groups in total. The van der Waals surface area contributed by atoms with Crippen LogP contribution in [-0.4, -0.2) is 97.6 Å². The summed E-state index contributed by atoms with van der Waals surface area (Å²) in [6, 6.07) is 0. The number of aliphatic hydroxyl groups excluding tert-OH is 4. The Bertz CT molecular complexity index is 603. The van der Waals surface area contributed by atoms with Crippen LogP contribution in [0.1, 0.15) is 6.42 Å². The van der Waals surface area contributed by atoms with Crippen molar-refractivity contribution in [3.8, 4) is 0 Å². The third kappa shape index (κ3) is 5.18. The first-order valence-electron chi connectivity index (χ1n) is 9.40. The van der Waals surface area contributed by atoms with Crippen molar-refractivity contribution in [1.29, 1.82) is 0 Å². The zero-order valence-corrected chi connectivity index (χ0v) is 17.1. The number of methoxy groups -OCH3 is 3. The van der Waals surface area contributed by atoms with Crippen molar-refractivity contribution >= 4 is 5.97 Å². The van der Waals surface area contributed by atoms with Crippen molar-refractivity contribution in [1.82, 2.24) is 0 Å². The van der Waals surface area contributed by atoms with Gasteiger partial charge in [0.05, 0.1) is 25.6 Å². The Labute approximate surface area is 174 Å². The van der Waals surface area contributed by atoms with Gasteiger partial charge in [0.1, 0.15) is 24.4 Å². The van der Waals surface area contributed by atoms with Crippen molar-refractivity contribution < 1.29 is 53.6 Å². The van der Waals surface area contributed by atoms with E-state index in [1.165, 1.54) is 33.7 Å². The van der Waals surface area contributed by atoms with E-state index < -0.39 is 67.7 Å². The summed E-state index contributed by atoms with van der Waals surface area (Å²) in [6.07, 6.45) is -6.05. The maximum absolute atomic E-state index is 12.2. The quantitative estimate of drug-likeness (QED) is 0.193. The fourth-order valence-corrected chi connectivity index (χ4v) is 3.52. The normalized spacial score (nSPS) is 36.7. The molecule has 8 atom stereocenters. The molecule has 0 aromatic carbocycles. The highest BCUT2D eigenvalue weighted by Crippen LogP contribution is 2.38. The average molecular weight is 434 g/mol. The zero-order valence-electron chi connectivity index (χ0n) is 17.1. The molecular weight excluding hydrogens is 404 g/mol. The molecule has 172 valence electrons. The van der Waals surface area contributed by atoms with Gasteiger partial charge in [-0.15, -0.1) is 6.58 Å². The van der Waals surface area contributed by atoms with Crippen LogP contribution in [0.4, 0.5) is 0 Å². The summed E-state index contributed by atoms with van der Waals surface area (Å²) < 4.78 is 31.9. The highest BCUT2D eigenvalue weighted by atomic mass is 16.8. The number of carbonyl (C=O) groups is 1. The smallest absolute Gasteiger partial charge is 0.337 e. The number of hydrogen-bond donors (Lipinski definition) is 4. The minimum absolute atomic E-state index is 0.218. The van der Waals surface area contributed by atoms with Crippen LogP contribution < -0.4 is 0 Å². The van der Waals surface area contributed by atoms with Crippen LogP contribution >= 0.6 is 0 Å². The lowest BCUT2D eigenvalue weighted by Gasteiger charge is -2.43. The molecule has 11 nitrogen and oxygen atoms in total. The predicted molar refractivity (Wildman–Crippen MR) is 99.4 cm³/mol. The molecule has 11 heteroatoms. The number of carbonyl (C=O) groups excluding carboxylic acids is 1. The molecule has 2 aliphatic heterocycles. The number of rotatable bonds is 9. The van der Waals surface area contributed by atoms with Gasteiger partial charge in [-0.1, -0.05) is 6.08 Å². The maximum atomic E-state index is 12.2. The van der Waals surface area contributed by atoms with Gasteiger partial charge in [-0.2, -0.15) is 0 Å². The first kappa shape index (κ1) is 24.7. The van der Waals surface area contributed by atoms with Gasteiger partial charge in [0, 0.05) is 32.5 Å². The van der Waals surface area contributed by atoms with E-state index in [9.17, 15) is 25.2 Å². The van der Waals surface area contributed by atoms with Crippen LogP contribution in [0.15, 0.2) is 24.5 Å². The molecule has 0 bridgehead atoms. The highest BCUT2D eigenvalue weighted by Gasteiger charge is 2.47. The monoisotopic (exact) mass is 434 g/mol. The molecule has 0 spiro atoms. The molecule has 30 heavy (non-hydrogen) atoms. The summed E-state index contributed by atoms with van der Waals surface area (Å²) in [7, 11) is 4.16. The average Bonchev–Trinajstić information content (AvgIpc) is 2.77. The molecule has 0 aromatic rings. The van der Waals surface area contributed by atoms with Crippen LogP contribution in [0.5, 0.6) is 0 Å². The van der Waals surface area contributed by atoms with Gasteiger partial charge < -0.3 is 48.8 Å². The topological polar surface area (TPSA) is 153 Å². The summed E-state index contributed by atoms with van der Waals surface area (Å²) in [6.45, 7) is 3.18. The molecule has 0 amide bonds. The van der Waals surface area contributed by atoms with E-state index in [1.54, 1.807) is 0 Å². The number of aliphatic hydroxyl groups is 4. The minimum Gasteiger partial charge on any atom is -0.471 e. The zero-order chi connectivity index (χ0) is 22.4. The summed E-state index contributed by atoms with van der Waals surface area (Å²) in [5.41, 5.74) is 0.218. The fourth-order valence-electron chi connectivity index (χ4n) is 3.52. The van der Waals surface area contributed by atoms with Crippen molar-refractivity contribution in [3.63, 3.8) is 0 Å². The van der Waals surface area contributed by atoms with E-state index in [-0.39, 0.29) is 12.0 Å². The lowest BCUT2D eigenvalue weighted by atomic mass is 9.81. The second-order valence-corrected chi connectivity index (χ2v) is 6.96. The Morgan fingerprint density at radius 3 is 2.37 bits per heavy atom. The first-order chi connectivity index (χ1) is 14.3. The Morgan fingerprint density at radius 1 is 1.17 bits per heavy atom. The van der Waals surface area contributed by atoms with Crippen molar-refractivity contribution in [2.75, 3.05) is 27.9 Å². The van der Waals surface area contributed by atoms with E-state index in [4.69, 9.17) is 28.4 Å². The number of ether oxygens (including phenoxy) is 6. The SMILES string of the molecule is C=C[C@H]1[C@H](O[C@@H]2O[C@H](CO)[C@@H](O)[C@H](O)[C@H]2O)OC=C(C(=O)OC)[C@H]1CC(OC)OC. The summed E-state index contributed by atoms with van der Waals surface area (Å²) in [5.74, 6) is -1.77. The third-order valence-corrected chi connectivity index (χ3v) is 5.29. The molecular formula is C19H30O11. The van der Waals surface area contributed by atoms with Crippen LogP contribution in [0.3, 0.4) is 0 Å². The minimum atomic E-state index is -1.60. The fraction of sp³-hybridized carbons (Fsp3) is 0.737. The van der Waals surface area contributed by atoms with Gasteiger partial charge in [-0.3, -0.25) is 0 Å². The van der Waals surface area contributed by atoms with Crippen LogP contribution in [0, 0.1) is 11.8 Å². The molecule has 2 rings (SSSR count). The molecule has 0 unspecified atom stereocenters. The van der Waals surface area contributed by atoms with Gasteiger partial charge in [-0.05, 0) is 0 Å². The summed E-state index contributed by atoms with van der Waals surface area (Å²) >= 11 is 0. The van der Waals surface area contributed by atoms with Crippen LogP contribution in [0.25, 0.3) is 0 Å². The Hall–Kier alpha value is -1.57. The lowest BCUT2D eigenvalue weighted by molar-refractivity contribution is -0.339. The Balaban J connectivity index is 2.26. The van der Waals surface area contributed by atoms with Gasteiger partial charge in [0.15, 0.2) is 12.6 Å². The van der Waals surface area contributed by atoms with Crippen LogP contribution in [-0.2, 0) is 33.2 Å². The second kappa shape index (κ2) is 11.2. The largest absolute Gasteiger partial charge is 0.471 e. The van der Waals surface area contributed by atoms with E-state index in [1.807, 2.05) is 0 Å². The standard InChI is InChI=1S/C19H30O11/c1-5-9-10(6-13(25-2)26-3)11(17(24)27-4)8-28-18(9)30-19-16(23)15(22)14(21)12(7-20)29-19/h5,8-10,12-16,18-23H,1,6-7H2,2-4H3/t9-,10+,12-,14-,15+,16-,18+,19+/m1/s1. The van der Waals surface area contributed by atoms with Crippen molar-refractivity contribution in [3.05, 3.63) is 24.5 Å². The molecule has 0 saturated carbocycles. The van der Waals surface area contributed by atoms with E-state index >= 15 is 0 Å². The van der Waals surface area contributed by atoms with Gasteiger partial charge >= 0.3 is 5.97 Å². The Kier molecular flexibility index (Phi) is 9.19. The third-order valence-electron chi connectivity index (χ3n) is 5.29. The van der Waals surface area contributed by atoms with E-state index in [0.717, 1.165) is 0 Å². The molecule has 2 heterocycles. The van der Waals surface area contributed by atoms with Gasteiger partial charge in [-0.25, -0.2) is 4.79 Å². The maximum Gasteiger partial charge on any atom is 0.337 e. The lowest BCUT2D eigenvalue weighted by Crippen LogP contribution is -2.60.